The summed E-state index contributed by atoms with van der Waals surface area (Å²) in [5.41, 5.74) is 7.18. The lowest BCUT2D eigenvalue weighted by Crippen LogP contribution is -2.52. The molecule has 0 aliphatic carbocycles. The lowest BCUT2D eigenvalue weighted by Gasteiger charge is -2.39. The number of hydrogen-bond acceptors (Lipinski definition) is 3. The Morgan fingerprint density at radius 3 is 2.31 bits per heavy atom. The Morgan fingerprint density at radius 1 is 1.19 bits per heavy atom. The summed E-state index contributed by atoms with van der Waals surface area (Å²) in [4.78, 5) is 14.9. The van der Waals surface area contributed by atoms with Gasteiger partial charge in [0.2, 0.25) is 5.91 Å². The highest BCUT2D eigenvalue weighted by Gasteiger charge is 2.26. The number of nitrogens with one attached hydrogen (secondary N) is 1. The van der Waals surface area contributed by atoms with Gasteiger partial charge in [0.15, 0.2) is 0 Å². The molecular weight excluding hydrogens is 369 g/mol. The largest absolute Gasteiger partial charge is 0.353 e. The van der Waals surface area contributed by atoms with Crippen LogP contribution in [0.5, 0.6) is 0 Å². The van der Waals surface area contributed by atoms with Crippen molar-refractivity contribution >= 4 is 30.7 Å². The first-order chi connectivity index (χ1) is 11.5. The summed E-state index contributed by atoms with van der Waals surface area (Å²) < 4.78 is 0. The summed E-state index contributed by atoms with van der Waals surface area (Å²) in [7, 11) is 0. The fourth-order valence-corrected chi connectivity index (χ4v) is 3.44. The third-order valence-corrected chi connectivity index (χ3v) is 5.18. The molecule has 1 heterocycles. The maximum Gasteiger partial charge on any atom is 0.237 e. The third-order valence-electron chi connectivity index (χ3n) is 5.18. The zero-order chi connectivity index (χ0) is 17.5. The molecule has 1 aromatic rings. The van der Waals surface area contributed by atoms with Crippen molar-refractivity contribution in [3.05, 3.63) is 35.9 Å². The second-order valence-corrected chi connectivity index (χ2v) is 7.57. The molecule has 6 heteroatoms. The number of hydrogen-bond donors (Lipinski definition) is 2. The fourth-order valence-electron chi connectivity index (χ4n) is 3.44. The van der Waals surface area contributed by atoms with Crippen molar-refractivity contribution in [3.8, 4) is 0 Å². The second-order valence-electron chi connectivity index (χ2n) is 7.57. The number of carbonyl (C=O) groups excluding carboxylic acids is 1. The Kier molecular flexibility index (Phi) is 12.2. The van der Waals surface area contributed by atoms with Crippen LogP contribution < -0.4 is 11.1 Å². The molecule has 150 valence electrons. The van der Waals surface area contributed by atoms with Crippen LogP contribution in [0.2, 0.25) is 0 Å². The Bertz CT molecular complexity index is 505. The van der Waals surface area contributed by atoms with Crippen LogP contribution in [0.15, 0.2) is 30.3 Å². The minimum atomic E-state index is -0.485. The molecule has 2 atom stereocenters. The standard InChI is InChI=1S/C20H33N3O.2ClH/c1-15(2)19(23-11-9-16(3)10-12-23)14-22-20(24)18(21)13-17-7-5-4-6-8-17;;/h4-8,15-16,18-19H,9-14,21H2,1-3H3,(H,22,24);2*1H. The van der Waals surface area contributed by atoms with Gasteiger partial charge in [-0.1, -0.05) is 51.1 Å². The molecule has 1 aliphatic rings. The number of halogens is 2. The molecule has 1 saturated heterocycles. The number of carbonyl (C=O) groups is 1. The van der Waals surface area contributed by atoms with Gasteiger partial charge in [0.25, 0.3) is 0 Å². The number of amides is 1. The van der Waals surface area contributed by atoms with Crippen LogP contribution in [-0.2, 0) is 11.2 Å². The summed E-state index contributed by atoms with van der Waals surface area (Å²) in [6.45, 7) is 9.75. The topological polar surface area (TPSA) is 58.4 Å². The van der Waals surface area contributed by atoms with Gasteiger partial charge in [0.05, 0.1) is 6.04 Å². The zero-order valence-electron chi connectivity index (χ0n) is 16.2. The van der Waals surface area contributed by atoms with Gasteiger partial charge in [-0.25, -0.2) is 0 Å². The lowest BCUT2D eigenvalue weighted by atomic mass is 9.94. The van der Waals surface area contributed by atoms with E-state index in [1.807, 2.05) is 30.3 Å². The first-order valence-electron chi connectivity index (χ1n) is 9.28. The summed E-state index contributed by atoms with van der Waals surface area (Å²) in [5.74, 6) is 1.29. The van der Waals surface area contributed by atoms with Crippen LogP contribution in [0.25, 0.3) is 0 Å². The Hall–Kier alpha value is -0.810. The Morgan fingerprint density at radius 2 is 1.77 bits per heavy atom. The van der Waals surface area contributed by atoms with Gasteiger partial charge in [0.1, 0.15) is 0 Å². The monoisotopic (exact) mass is 403 g/mol. The normalized spacial score (nSPS) is 17.7. The average molecular weight is 404 g/mol. The molecular formula is C20H35Cl2N3O. The number of likely N-dealkylation sites (tertiary alicyclic amines) is 1. The van der Waals surface area contributed by atoms with Crippen LogP contribution >= 0.6 is 24.8 Å². The number of rotatable bonds is 7. The molecule has 0 radical (unpaired) electrons. The highest BCUT2D eigenvalue weighted by molar-refractivity contribution is 5.85. The Labute approximate surface area is 171 Å². The van der Waals surface area contributed by atoms with Crippen molar-refractivity contribution < 1.29 is 4.79 Å². The average Bonchev–Trinajstić information content (AvgIpc) is 2.57. The molecule has 0 bridgehead atoms. The van der Waals surface area contributed by atoms with Crippen LogP contribution in [0.4, 0.5) is 0 Å². The van der Waals surface area contributed by atoms with Crippen LogP contribution in [0.1, 0.15) is 39.2 Å². The van der Waals surface area contributed by atoms with E-state index in [1.54, 1.807) is 0 Å². The summed E-state index contributed by atoms with van der Waals surface area (Å²) >= 11 is 0. The third kappa shape index (κ3) is 7.83. The van der Waals surface area contributed by atoms with Gasteiger partial charge < -0.3 is 11.1 Å². The molecule has 3 N–H and O–H groups in total. The van der Waals surface area contributed by atoms with Gasteiger partial charge in [0, 0.05) is 12.6 Å². The molecule has 0 spiro atoms. The van der Waals surface area contributed by atoms with E-state index in [2.05, 4.69) is 31.0 Å². The van der Waals surface area contributed by atoms with E-state index in [4.69, 9.17) is 5.73 Å². The van der Waals surface area contributed by atoms with E-state index in [-0.39, 0.29) is 30.7 Å². The molecule has 1 fully saturated rings. The first kappa shape index (κ1) is 25.2. The van der Waals surface area contributed by atoms with Crippen molar-refractivity contribution in [3.63, 3.8) is 0 Å². The number of nitrogens with two attached hydrogens (primary N) is 1. The molecule has 2 unspecified atom stereocenters. The van der Waals surface area contributed by atoms with E-state index < -0.39 is 6.04 Å². The maximum absolute atomic E-state index is 12.4. The van der Waals surface area contributed by atoms with Crippen molar-refractivity contribution in [1.82, 2.24) is 10.2 Å². The fraction of sp³-hybridized carbons (Fsp3) is 0.650. The predicted molar refractivity (Wildman–Crippen MR) is 114 cm³/mol. The molecule has 0 aromatic heterocycles. The lowest BCUT2D eigenvalue weighted by molar-refractivity contribution is -0.122. The highest BCUT2D eigenvalue weighted by Crippen LogP contribution is 2.21. The molecule has 1 amide bonds. The molecule has 26 heavy (non-hydrogen) atoms. The van der Waals surface area contributed by atoms with Gasteiger partial charge in [-0.3, -0.25) is 9.69 Å². The second kappa shape index (κ2) is 12.6. The highest BCUT2D eigenvalue weighted by atomic mass is 35.5. The van der Waals surface area contributed by atoms with Crippen molar-refractivity contribution in [2.75, 3.05) is 19.6 Å². The number of piperidine rings is 1. The van der Waals surface area contributed by atoms with E-state index in [0.717, 1.165) is 24.6 Å². The van der Waals surface area contributed by atoms with Crippen molar-refractivity contribution in [2.45, 2.75) is 52.1 Å². The van der Waals surface area contributed by atoms with E-state index in [0.29, 0.717) is 24.9 Å². The van der Waals surface area contributed by atoms with E-state index in [1.165, 1.54) is 12.8 Å². The summed E-state index contributed by atoms with van der Waals surface area (Å²) in [6.07, 6.45) is 3.09. The van der Waals surface area contributed by atoms with Gasteiger partial charge in [-0.2, -0.15) is 0 Å². The molecule has 1 aliphatic heterocycles. The van der Waals surface area contributed by atoms with Crippen molar-refractivity contribution in [2.24, 2.45) is 17.6 Å². The SMILES string of the molecule is CC1CCN(C(CNC(=O)C(N)Cc2ccccc2)C(C)C)CC1.Cl.Cl. The summed E-state index contributed by atoms with van der Waals surface area (Å²) in [5, 5.41) is 3.09. The van der Waals surface area contributed by atoms with Crippen LogP contribution in [0, 0.1) is 11.8 Å². The maximum atomic E-state index is 12.4. The molecule has 1 aromatic carbocycles. The minimum absolute atomic E-state index is 0. The molecule has 2 rings (SSSR count). The minimum Gasteiger partial charge on any atom is -0.353 e. The predicted octanol–water partition coefficient (Wildman–Crippen LogP) is 3.27. The zero-order valence-corrected chi connectivity index (χ0v) is 17.8. The number of nitrogens with zero attached hydrogens (tertiary/aromatic N) is 1. The van der Waals surface area contributed by atoms with E-state index >= 15 is 0 Å². The van der Waals surface area contributed by atoms with Gasteiger partial charge in [-0.15, -0.1) is 24.8 Å². The smallest absolute Gasteiger partial charge is 0.237 e. The van der Waals surface area contributed by atoms with Crippen molar-refractivity contribution in [1.29, 1.82) is 0 Å². The van der Waals surface area contributed by atoms with Gasteiger partial charge >= 0.3 is 0 Å². The molecule has 0 saturated carbocycles. The Balaban J connectivity index is 0.00000312. The van der Waals surface area contributed by atoms with Gasteiger partial charge in [-0.05, 0) is 49.8 Å². The van der Waals surface area contributed by atoms with Crippen LogP contribution in [-0.4, -0.2) is 42.5 Å². The number of benzene rings is 1. The first-order valence-corrected chi connectivity index (χ1v) is 9.28. The van der Waals surface area contributed by atoms with E-state index in [9.17, 15) is 4.79 Å². The quantitative estimate of drug-likeness (QED) is 0.733. The molecule has 4 nitrogen and oxygen atoms in total. The summed E-state index contributed by atoms with van der Waals surface area (Å²) in [6, 6.07) is 9.87. The van der Waals surface area contributed by atoms with Crippen LogP contribution in [0.3, 0.4) is 0 Å².